The van der Waals surface area contributed by atoms with Crippen LogP contribution in [0.5, 0.6) is 0 Å². The lowest BCUT2D eigenvalue weighted by atomic mass is 10.1. The predicted molar refractivity (Wildman–Crippen MR) is 100 cm³/mol. The number of fused-ring (bicyclic) bond motifs is 1. The fourth-order valence-corrected chi connectivity index (χ4v) is 3.30. The minimum Gasteiger partial charge on any atom is -0.384 e. The molecule has 0 radical (unpaired) electrons. The lowest BCUT2D eigenvalue weighted by molar-refractivity contribution is 0.157. The highest BCUT2D eigenvalue weighted by Crippen LogP contribution is 2.17. The second-order valence-corrected chi connectivity index (χ2v) is 6.01. The number of ether oxygens (including phenoxy) is 1. The van der Waals surface area contributed by atoms with Gasteiger partial charge < -0.3 is 19.5 Å². The third-order valence-corrected chi connectivity index (χ3v) is 4.38. The number of aromatic nitrogens is 3. The van der Waals surface area contributed by atoms with Crippen molar-refractivity contribution in [1.29, 1.82) is 0 Å². The topological polar surface area (TPSA) is 67.6 Å². The van der Waals surface area contributed by atoms with Crippen LogP contribution in [-0.2, 0) is 24.2 Å². The zero-order valence-corrected chi connectivity index (χ0v) is 16.3. The first-order valence-electron chi connectivity index (χ1n) is 8.25. The summed E-state index contributed by atoms with van der Waals surface area (Å²) in [6, 6.07) is 0. The van der Waals surface area contributed by atoms with E-state index in [1.54, 1.807) is 7.11 Å². The van der Waals surface area contributed by atoms with E-state index in [2.05, 4.69) is 31.9 Å². The van der Waals surface area contributed by atoms with Crippen LogP contribution in [-0.4, -0.2) is 59.0 Å². The largest absolute Gasteiger partial charge is 0.384 e. The standard InChI is InChI=1S/C15H26N6O.HI/c1-3-16-15(20-8-6-12(10-20)11-22-2)17-9-14-19-18-13-5-4-7-21(13)14;/h12H,3-11H2,1-2H3,(H,16,17);1H. The van der Waals surface area contributed by atoms with Crippen molar-refractivity contribution in [2.45, 2.75) is 39.3 Å². The molecule has 0 spiro atoms. The van der Waals surface area contributed by atoms with Gasteiger partial charge in [0.05, 0.1) is 6.61 Å². The molecule has 0 aliphatic carbocycles. The normalized spacial score (nSPS) is 20.5. The van der Waals surface area contributed by atoms with Crippen LogP contribution >= 0.6 is 24.0 Å². The summed E-state index contributed by atoms with van der Waals surface area (Å²) in [6.07, 6.45) is 3.38. The number of methoxy groups -OCH3 is 1. The molecule has 1 aromatic rings. The SMILES string of the molecule is CCNC(=NCc1nnc2n1CCC2)N1CCC(COC)C1.I. The summed E-state index contributed by atoms with van der Waals surface area (Å²) in [7, 11) is 1.77. The molecule has 0 bridgehead atoms. The molecule has 1 N–H and O–H groups in total. The van der Waals surface area contributed by atoms with Crippen LogP contribution < -0.4 is 5.32 Å². The number of aryl methyl sites for hydroxylation is 1. The van der Waals surface area contributed by atoms with Crippen molar-refractivity contribution in [3.63, 3.8) is 0 Å². The van der Waals surface area contributed by atoms with Gasteiger partial charge in [0.2, 0.25) is 0 Å². The van der Waals surface area contributed by atoms with Gasteiger partial charge in [-0.1, -0.05) is 0 Å². The van der Waals surface area contributed by atoms with Crippen LogP contribution in [0, 0.1) is 5.92 Å². The van der Waals surface area contributed by atoms with Gasteiger partial charge in [-0.05, 0) is 19.8 Å². The van der Waals surface area contributed by atoms with Gasteiger partial charge in [-0.3, -0.25) is 0 Å². The molecule has 1 aromatic heterocycles. The van der Waals surface area contributed by atoms with Gasteiger partial charge in [0.25, 0.3) is 0 Å². The van der Waals surface area contributed by atoms with E-state index in [0.29, 0.717) is 12.5 Å². The second-order valence-electron chi connectivity index (χ2n) is 6.01. The average Bonchev–Trinajstić information content (AvgIpc) is 3.21. The Morgan fingerprint density at radius 3 is 3.04 bits per heavy atom. The maximum atomic E-state index is 5.27. The van der Waals surface area contributed by atoms with Crippen LogP contribution in [0.25, 0.3) is 0 Å². The highest BCUT2D eigenvalue weighted by Gasteiger charge is 2.25. The minimum atomic E-state index is 0. The maximum Gasteiger partial charge on any atom is 0.194 e. The number of aliphatic imine (C=N–C) groups is 1. The first kappa shape index (κ1) is 18.4. The summed E-state index contributed by atoms with van der Waals surface area (Å²) in [5.74, 6) is 3.68. The Morgan fingerprint density at radius 1 is 1.39 bits per heavy atom. The van der Waals surface area contributed by atoms with Crippen molar-refractivity contribution in [3.05, 3.63) is 11.6 Å². The van der Waals surface area contributed by atoms with Crippen LogP contribution in [0.1, 0.15) is 31.4 Å². The fraction of sp³-hybridized carbons (Fsp3) is 0.800. The second kappa shape index (κ2) is 8.81. The van der Waals surface area contributed by atoms with E-state index in [0.717, 1.165) is 56.8 Å². The zero-order valence-electron chi connectivity index (χ0n) is 14.0. The molecule has 7 nitrogen and oxygen atoms in total. The molecular weight excluding hydrogens is 407 g/mol. The number of guanidine groups is 1. The summed E-state index contributed by atoms with van der Waals surface area (Å²) in [6.45, 7) is 7.49. The molecule has 1 fully saturated rings. The minimum absolute atomic E-state index is 0. The Hall–Kier alpha value is -0.900. The molecule has 1 atom stereocenters. The molecule has 0 saturated carbocycles. The monoisotopic (exact) mass is 434 g/mol. The van der Waals surface area contributed by atoms with E-state index in [9.17, 15) is 0 Å². The van der Waals surface area contributed by atoms with Crippen molar-refractivity contribution in [2.24, 2.45) is 10.9 Å². The molecule has 1 unspecified atom stereocenters. The lowest BCUT2D eigenvalue weighted by Crippen LogP contribution is -2.40. The molecule has 130 valence electrons. The molecule has 2 aliphatic rings. The van der Waals surface area contributed by atoms with Crippen molar-refractivity contribution < 1.29 is 4.74 Å². The Morgan fingerprint density at radius 2 is 2.26 bits per heavy atom. The smallest absolute Gasteiger partial charge is 0.194 e. The number of hydrogen-bond donors (Lipinski definition) is 1. The number of halogens is 1. The highest BCUT2D eigenvalue weighted by atomic mass is 127. The van der Waals surface area contributed by atoms with Crippen molar-refractivity contribution >= 4 is 29.9 Å². The number of nitrogens with zero attached hydrogens (tertiary/aromatic N) is 5. The molecule has 1 saturated heterocycles. The van der Waals surface area contributed by atoms with Gasteiger partial charge in [-0.2, -0.15) is 0 Å². The number of rotatable bonds is 5. The maximum absolute atomic E-state index is 5.27. The Bertz CT molecular complexity index is 532. The molecule has 23 heavy (non-hydrogen) atoms. The summed E-state index contributed by atoms with van der Waals surface area (Å²) in [5.41, 5.74) is 0. The van der Waals surface area contributed by atoms with Crippen LogP contribution in [0.3, 0.4) is 0 Å². The van der Waals surface area contributed by atoms with Crippen molar-refractivity contribution in [2.75, 3.05) is 33.4 Å². The molecule has 2 aliphatic heterocycles. The van der Waals surface area contributed by atoms with Crippen LogP contribution in [0.4, 0.5) is 0 Å². The first-order valence-corrected chi connectivity index (χ1v) is 8.25. The summed E-state index contributed by atoms with van der Waals surface area (Å²) in [4.78, 5) is 7.11. The Balaban J connectivity index is 0.00000192. The van der Waals surface area contributed by atoms with E-state index in [1.165, 1.54) is 12.8 Å². The lowest BCUT2D eigenvalue weighted by Gasteiger charge is -2.21. The predicted octanol–water partition coefficient (Wildman–Crippen LogP) is 1.28. The zero-order chi connectivity index (χ0) is 15.4. The van der Waals surface area contributed by atoms with Gasteiger partial charge in [0.1, 0.15) is 12.4 Å². The molecule has 3 heterocycles. The highest BCUT2D eigenvalue weighted by molar-refractivity contribution is 14.0. The molecule has 3 rings (SSSR count). The van der Waals surface area contributed by atoms with Crippen LogP contribution in [0.15, 0.2) is 4.99 Å². The summed E-state index contributed by atoms with van der Waals surface area (Å²) >= 11 is 0. The summed E-state index contributed by atoms with van der Waals surface area (Å²) < 4.78 is 7.49. The van der Waals surface area contributed by atoms with E-state index in [4.69, 9.17) is 9.73 Å². The van der Waals surface area contributed by atoms with Gasteiger partial charge in [0.15, 0.2) is 11.8 Å². The van der Waals surface area contributed by atoms with Gasteiger partial charge in [0, 0.05) is 45.6 Å². The molecular formula is C15H27IN6O. The van der Waals surface area contributed by atoms with Crippen molar-refractivity contribution in [1.82, 2.24) is 25.0 Å². The molecule has 0 aromatic carbocycles. The molecule has 8 heteroatoms. The van der Waals surface area contributed by atoms with Crippen molar-refractivity contribution in [3.8, 4) is 0 Å². The first-order chi connectivity index (χ1) is 10.8. The quantitative estimate of drug-likeness (QED) is 0.430. The van der Waals surface area contributed by atoms with Gasteiger partial charge in [-0.25, -0.2) is 4.99 Å². The number of likely N-dealkylation sites (tertiary alicyclic amines) is 1. The Labute approximate surface area is 154 Å². The third kappa shape index (κ3) is 4.34. The Kier molecular flexibility index (Phi) is 7.07. The third-order valence-electron chi connectivity index (χ3n) is 4.38. The van der Waals surface area contributed by atoms with E-state index < -0.39 is 0 Å². The van der Waals surface area contributed by atoms with Gasteiger partial charge >= 0.3 is 0 Å². The van der Waals surface area contributed by atoms with E-state index in [1.807, 2.05) is 0 Å². The van der Waals surface area contributed by atoms with E-state index >= 15 is 0 Å². The summed E-state index contributed by atoms with van der Waals surface area (Å²) in [5, 5.41) is 11.9. The van der Waals surface area contributed by atoms with Crippen LogP contribution in [0.2, 0.25) is 0 Å². The average molecular weight is 434 g/mol. The number of nitrogens with one attached hydrogen (secondary N) is 1. The van der Waals surface area contributed by atoms with E-state index in [-0.39, 0.29) is 24.0 Å². The fourth-order valence-electron chi connectivity index (χ4n) is 3.30. The van der Waals surface area contributed by atoms with Gasteiger partial charge in [-0.15, -0.1) is 34.2 Å². The number of hydrogen-bond acceptors (Lipinski definition) is 4. The molecule has 0 amide bonds.